The molecule has 3 heteroatoms. The quantitative estimate of drug-likeness (QED) is 0.810. The van der Waals surface area contributed by atoms with Crippen molar-refractivity contribution in [3.05, 3.63) is 34.9 Å². The van der Waals surface area contributed by atoms with Gasteiger partial charge in [-0.3, -0.25) is 4.79 Å². The van der Waals surface area contributed by atoms with Crippen molar-refractivity contribution in [2.75, 3.05) is 13.6 Å². The number of aryl methyl sites for hydroxylation is 2. The van der Waals surface area contributed by atoms with E-state index >= 15 is 0 Å². The van der Waals surface area contributed by atoms with E-state index in [0.29, 0.717) is 18.1 Å². The van der Waals surface area contributed by atoms with Gasteiger partial charge >= 0.3 is 0 Å². The molecule has 2 atom stereocenters. The van der Waals surface area contributed by atoms with Crippen molar-refractivity contribution in [2.24, 2.45) is 0 Å². The molecule has 2 bridgehead atoms. The molecule has 0 aliphatic carbocycles. The summed E-state index contributed by atoms with van der Waals surface area (Å²) < 4.78 is 0. The van der Waals surface area contributed by atoms with Crippen LogP contribution < -0.4 is 0 Å². The van der Waals surface area contributed by atoms with Crippen molar-refractivity contribution in [2.45, 2.75) is 77.4 Å². The lowest BCUT2D eigenvalue weighted by Crippen LogP contribution is -2.51. The summed E-state index contributed by atoms with van der Waals surface area (Å²) in [6, 6.07) is 8.01. The van der Waals surface area contributed by atoms with Crippen LogP contribution >= 0.6 is 0 Å². The zero-order valence-corrected chi connectivity index (χ0v) is 15.7. The minimum atomic E-state index is 0.240. The van der Waals surface area contributed by atoms with Gasteiger partial charge in [0.2, 0.25) is 0 Å². The maximum Gasteiger partial charge on any atom is 0.254 e. The summed E-state index contributed by atoms with van der Waals surface area (Å²) in [4.78, 5) is 18.0. The van der Waals surface area contributed by atoms with E-state index in [1.54, 1.807) is 0 Å². The molecule has 1 aromatic carbocycles. The predicted molar refractivity (Wildman–Crippen MR) is 99.5 cm³/mol. The third-order valence-corrected chi connectivity index (χ3v) is 6.00. The third-order valence-electron chi connectivity index (χ3n) is 6.00. The fourth-order valence-corrected chi connectivity index (χ4v) is 4.68. The van der Waals surface area contributed by atoms with Crippen LogP contribution in [-0.4, -0.2) is 47.4 Å². The van der Waals surface area contributed by atoms with Gasteiger partial charge in [0.05, 0.1) is 0 Å². The lowest BCUT2D eigenvalue weighted by Gasteiger charge is -2.42. The average molecular weight is 329 g/mol. The zero-order chi connectivity index (χ0) is 17.3. The maximum absolute atomic E-state index is 13.3. The molecule has 0 radical (unpaired) electrons. The molecule has 2 aliphatic heterocycles. The van der Waals surface area contributed by atoms with Crippen LogP contribution in [0.2, 0.25) is 0 Å². The predicted octanol–water partition coefficient (Wildman–Crippen LogP) is 4.17. The smallest absolute Gasteiger partial charge is 0.254 e. The molecule has 1 amide bonds. The number of carbonyl (C=O) groups excluding carboxylic acids is 1. The van der Waals surface area contributed by atoms with Gasteiger partial charge in [0.25, 0.3) is 5.91 Å². The van der Waals surface area contributed by atoms with E-state index in [9.17, 15) is 4.79 Å². The minimum absolute atomic E-state index is 0.240. The second-order valence-electron chi connectivity index (χ2n) is 7.90. The lowest BCUT2D eigenvalue weighted by molar-refractivity contribution is 0.0480. The van der Waals surface area contributed by atoms with Gasteiger partial charge in [0.1, 0.15) is 0 Å². The molecule has 0 spiro atoms. The van der Waals surface area contributed by atoms with Gasteiger partial charge < -0.3 is 9.80 Å². The monoisotopic (exact) mass is 328 g/mol. The van der Waals surface area contributed by atoms with Crippen LogP contribution in [0.15, 0.2) is 18.2 Å². The van der Waals surface area contributed by atoms with Crippen LogP contribution in [-0.2, 0) is 0 Å². The number of fused-ring (bicyclic) bond motifs is 2. The molecule has 2 heterocycles. The van der Waals surface area contributed by atoms with Crippen molar-refractivity contribution < 1.29 is 4.79 Å². The highest BCUT2D eigenvalue weighted by Gasteiger charge is 2.41. The summed E-state index contributed by atoms with van der Waals surface area (Å²) >= 11 is 0. The standard InChI is InChI=1S/C21H32N2O/c1-5-6-9-23(20-13-18-7-8-19(14-20)22(18)4)21(24)17-11-15(2)10-16(3)12-17/h10-12,18-20H,5-9,13-14H2,1-4H3/t18-,19-/m1/s1. The van der Waals surface area contributed by atoms with Gasteiger partial charge in [-0.1, -0.05) is 30.5 Å². The fourth-order valence-electron chi connectivity index (χ4n) is 4.68. The molecular formula is C21H32N2O. The van der Waals surface area contributed by atoms with Crippen molar-refractivity contribution in [1.82, 2.24) is 9.80 Å². The Labute approximate surface area is 147 Å². The van der Waals surface area contributed by atoms with Gasteiger partial charge in [-0.2, -0.15) is 0 Å². The van der Waals surface area contributed by atoms with Gasteiger partial charge in [-0.05, 0) is 65.1 Å². The average Bonchev–Trinajstić information content (AvgIpc) is 2.75. The van der Waals surface area contributed by atoms with Crippen LogP contribution in [0.25, 0.3) is 0 Å². The van der Waals surface area contributed by atoms with Crippen LogP contribution in [0.1, 0.15) is 66.9 Å². The van der Waals surface area contributed by atoms with Crippen molar-refractivity contribution >= 4 is 5.91 Å². The number of unbranched alkanes of at least 4 members (excludes halogenated alkanes) is 1. The first-order chi connectivity index (χ1) is 11.5. The number of benzene rings is 1. The molecule has 2 aliphatic rings. The number of piperidine rings is 1. The van der Waals surface area contributed by atoms with E-state index < -0.39 is 0 Å². The Hall–Kier alpha value is -1.35. The largest absolute Gasteiger partial charge is 0.336 e. The summed E-state index contributed by atoms with van der Waals surface area (Å²) in [5.41, 5.74) is 3.23. The third kappa shape index (κ3) is 3.51. The first-order valence-corrected chi connectivity index (χ1v) is 9.60. The van der Waals surface area contributed by atoms with Gasteiger partial charge in [0.15, 0.2) is 0 Å². The Morgan fingerprint density at radius 3 is 2.25 bits per heavy atom. The fraction of sp³-hybridized carbons (Fsp3) is 0.667. The summed E-state index contributed by atoms with van der Waals surface area (Å²) in [6.45, 7) is 7.26. The topological polar surface area (TPSA) is 23.6 Å². The number of nitrogens with zero attached hydrogens (tertiary/aromatic N) is 2. The van der Waals surface area contributed by atoms with Gasteiger partial charge in [-0.25, -0.2) is 0 Å². The molecule has 132 valence electrons. The highest BCUT2D eigenvalue weighted by molar-refractivity contribution is 5.94. The van der Waals surface area contributed by atoms with Gasteiger partial charge in [0, 0.05) is 30.2 Å². The Balaban J connectivity index is 1.82. The Bertz CT molecular complexity index is 563. The van der Waals surface area contributed by atoms with Crippen LogP contribution in [0.4, 0.5) is 0 Å². The highest BCUT2D eigenvalue weighted by atomic mass is 16.2. The molecule has 1 aromatic rings. The summed E-state index contributed by atoms with van der Waals surface area (Å²) in [7, 11) is 2.26. The molecule has 24 heavy (non-hydrogen) atoms. The minimum Gasteiger partial charge on any atom is -0.336 e. The Morgan fingerprint density at radius 2 is 1.71 bits per heavy atom. The number of hydrogen-bond acceptors (Lipinski definition) is 2. The number of hydrogen-bond donors (Lipinski definition) is 0. The normalized spacial score (nSPS) is 26.6. The lowest BCUT2D eigenvalue weighted by atomic mass is 9.95. The SMILES string of the molecule is CCCCN(C(=O)c1cc(C)cc(C)c1)C1C[C@H]2CC[C@H](C1)N2C. The Morgan fingerprint density at radius 1 is 1.12 bits per heavy atom. The molecule has 2 fully saturated rings. The number of amides is 1. The molecular weight excluding hydrogens is 296 g/mol. The summed E-state index contributed by atoms with van der Waals surface area (Å²) in [6.07, 6.45) is 7.13. The molecule has 2 saturated heterocycles. The second kappa shape index (κ2) is 7.26. The second-order valence-corrected chi connectivity index (χ2v) is 7.90. The molecule has 0 unspecified atom stereocenters. The molecule has 3 rings (SSSR count). The molecule has 0 N–H and O–H groups in total. The van der Waals surface area contributed by atoms with E-state index in [4.69, 9.17) is 0 Å². The van der Waals surface area contributed by atoms with Crippen molar-refractivity contribution in [3.8, 4) is 0 Å². The Kier molecular flexibility index (Phi) is 5.29. The van der Waals surface area contributed by atoms with E-state index in [-0.39, 0.29) is 5.91 Å². The number of carbonyl (C=O) groups is 1. The van der Waals surface area contributed by atoms with Crippen molar-refractivity contribution in [1.29, 1.82) is 0 Å². The molecule has 3 nitrogen and oxygen atoms in total. The van der Waals surface area contributed by atoms with E-state index in [2.05, 4.69) is 55.8 Å². The van der Waals surface area contributed by atoms with Gasteiger partial charge in [-0.15, -0.1) is 0 Å². The van der Waals surface area contributed by atoms with E-state index in [0.717, 1.165) is 37.8 Å². The van der Waals surface area contributed by atoms with E-state index in [1.165, 1.54) is 24.0 Å². The van der Waals surface area contributed by atoms with Crippen LogP contribution in [0.3, 0.4) is 0 Å². The van der Waals surface area contributed by atoms with Crippen LogP contribution in [0, 0.1) is 13.8 Å². The highest BCUT2D eigenvalue weighted by Crippen LogP contribution is 2.36. The van der Waals surface area contributed by atoms with Crippen molar-refractivity contribution in [3.63, 3.8) is 0 Å². The maximum atomic E-state index is 13.3. The van der Waals surface area contributed by atoms with E-state index in [1.807, 2.05) is 0 Å². The first-order valence-electron chi connectivity index (χ1n) is 9.60. The molecule has 0 saturated carbocycles. The summed E-state index contributed by atoms with van der Waals surface area (Å²) in [5, 5.41) is 0. The summed E-state index contributed by atoms with van der Waals surface area (Å²) in [5.74, 6) is 0.240. The van der Waals surface area contributed by atoms with Crippen LogP contribution in [0.5, 0.6) is 0 Å². The zero-order valence-electron chi connectivity index (χ0n) is 15.7. The first kappa shape index (κ1) is 17.5. The number of rotatable bonds is 5. The molecule has 0 aromatic heterocycles.